The number of aliphatic carboxylic acids is 1. The normalized spacial score (nSPS) is 12.3. The highest BCUT2D eigenvalue weighted by atomic mass is 35.5. The zero-order valence-corrected chi connectivity index (χ0v) is 17.2. The SMILES string of the molecule is O=C(O)C(Cc1cnn(Cc2ccccc2)c1)C(=O)NS(=O)(=O)c1ccc(Cl)cc1. The van der Waals surface area contributed by atoms with Crippen molar-refractivity contribution in [1.29, 1.82) is 0 Å². The molecular weight excluding hydrogens is 430 g/mol. The Hall–Kier alpha value is -3.17. The lowest BCUT2D eigenvalue weighted by Gasteiger charge is -2.12. The van der Waals surface area contributed by atoms with Crippen LogP contribution in [0.4, 0.5) is 0 Å². The molecule has 0 aliphatic carbocycles. The number of nitrogens with zero attached hydrogens (tertiary/aromatic N) is 2. The molecule has 0 aliphatic heterocycles. The van der Waals surface area contributed by atoms with Crippen molar-refractivity contribution in [3.05, 3.63) is 83.1 Å². The largest absolute Gasteiger partial charge is 0.481 e. The van der Waals surface area contributed by atoms with Crippen molar-refractivity contribution in [2.24, 2.45) is 5.92 Å². The molecule has 0 fully saturated rings. The molecule has 10 heteroatoms. The molecule has 3 rings (SSSR count). The average molecular weight is 448 g/mol. The third-order valence-electron chi connectivity index (χ3n) is 4.29. The minimum Gasteiger partial charge on any atom is -0.481 e. The van der Waals surface area contributed by atoms with Gasteiger partial charge in [-0.1, -0.05) is 41.9 Å². The molecule has 1 unspecified atom stereocenters. The van der Waals surface area contributed by atoms with Crippen molar-refractivity contribution in [1.82, 2.24) is 14.5 Å². The van der Waals surface area contributed by atoms with Gasteiger partial charge in [0.2, 0.25) is 5.91 Å². The fourth-order valence-electron chi connectivity index (χ4n) is 2.77. The molecule has 0 radical (unpaired) electrons. The van der Waals surface area contributed by atoms with Crippen LogP contribution >= 0.6 is 11.6 Å². The van der Waals surface area contributed by atoms with Crippen LogP contribution in [0.3, 0.4) is 0 Å². The van der Waals surface area contributed by atoms with Crippen LogP contribution in [0, 0.1) is 5.92 Å². The predicted octanol–water partition coefficient (Wildman–Crippen LogP) is 2.33. The van der Waals surface area contributed by atoms with E-state index in [0.29, 0.717) is 17.1 Å². The van der Waals surface area contributed by atoms with Crippen molar-refractivity contribution in [2.45, 2.75) is 17.9 Å². The summed E-state index contributed by atoms with van der Waals surface area (Å²) < 4.78 is 28.2. The molecular formula is C20H18ClN3O5S. The summed E-state index contributed by atoms with van der Waals surface area (Å²) in [4.78, 5) is 23.8. The summed E-state index contributed by atoms with van der Waals surface area (Å²) in [7, 11) is -4.22. The highest BCUT2D eigenvalue weighted by molar-refractivity contribution is 7.90. The van der Waals surface area contributed by atoms with E-state index in [-0.39, 0.29) is 11.3 Å². The van der Waals surface area contributed by atoms with Gasteiger partial charge >= 0.3 is 5.97 Å². The van der Waals surface area contributed by atoms with Gasteiger partial charge in [0.15, 0.2) is 0 Å². The molecule has 1 amide bonds. The number of carbonyl (C=O) groups excluding carboxylic acids is 1. The molecule has 1 heterocycles. The Bertz CT molecular complexity index is 1140. The van der Waals surface area contributed by atoms with E-state index in [9.17, 15) is 23.1 Å². The van der Waals surface area contributed by atoms with Crippen LogP contribution in [0.15, 0.2) is 71.9 Å². The van der Waals surface area contributed by atoms with Crippen molar-refractivity contribution in [3.8, 4) is 0 Å². The molecule has 30 heavy (non-hydrogen) atoms. The van der Waals surface area contributed by atoms with Gasteiger partial charge in [-0.2, -0.15) is 5.10 Å². The van der Waals surface area contributed by atoms with Gasteiger partial charge < -0.3 is 5.11 Å². The monoisotopic (exact) mass is 447 g/mol. The Morgan fingerprint density at radius 3 is 2.37 bits per heavy atom. The Kier molecular flexibility index (Phi) is 6.53. The zero-order valence-electron chi connectivity index (χ0n) is 15.6. The summed E-state index contributed by atoms with van der Waals surface area (Å²) in [5.41, 5.74) is 1.51. The number of carbonyl (C=O) groups is 2. The molecule has 0 saturated carbocycles. The molecule has 8 nitrogen and oxygen atoms in total. The number of benzene rings is 2. The summed E-state index contributed by atoms with van der Waals surface area (Å²) in [6, 6.07) is 14.7. The van der Waals surface area contributed by atoms with E-state index in [1.807, 2.05) is 35.1 Å². The van der Waals surface area contributed by atoms with Crippen LogP contribution in [0.2, 0.25) is 5.02 Å². The highest BCUT2D eigenvalue weighted by Gasteiger charge is 2.30. The third kappa shape index (κ3) is 5.46. The van der Waals surface area contributed by atoms with Crippen LogP contribution in [0.1, 0.15) is 11.1 Å². The number of halogens is 1. The number of nitrogens with one attached hydrogen (secondary N) is 1. The van der Waals surface area contributed by atoms with Crippen LogP contribution in [-0.2, 0) is 32.6 Å². The number of amides is 1. The topological polar surface area (TPSA) is 118 Å². The molecule has 3 aromatic rings. The second kappa shape index (κ2) is 9.10. The van der Waals surface area contributed by atoms with Crippen molar-refractivity contribution < 1.29 is 23.1 Å². The van der Waals surface area contributed by atoms with E-state index >= 15 is 0 Å². The Balaban J connectivity index is 1.70. The number of aromatic nitrogens is 2. The maximum Gasteiger partial charge on any atom is 0.316 e. The first-order valence-electron chi connectivity index (χ1n) is 8.85. The third-order valence-corrected chi connectivity index (χ3v) is 5.90. The summed E-state index contributed by atoms with van der Waals surface area (Å²) in [6.45, 7) is 0.482. The quantitative estimate of drug-likeness (QED) is 0.511. The lowest BCUT2D eigenvalue weighted by Crippen LogP contribution is -2.40. The smallest absolute Gasteiger partial charge is 0.316 e. The number of carboxylic acids is 1. The van der Waals surface area contributed by atoms with E-state index < -0.39 is 27.8 Å². The van der Waals surface area contributed by atoms with Crippen LogP contribution in [-0.4, -0.2) is 35.2 Å². The number of hydrogen-bond donors (Lipinski definition) is 2. The Labute approximate surface area is 178 Å². The Morgan fingerprint density at radius 1 is 1.07 bits per heavy atom. The lowest BCUT2D eigenvalue weighted by molar-refractivity contribution is -0.146. The number of sulfonamides is 1. The Morgan fingerprint density at radius 2 is 1.73 bits per heavy atom. The van der Waals surface area contributed by atoms with E-state index in [1.54, 1.807) is 10.9 Å². The maximum atomic E-state index is 12.4. The molecule has 0 aliphatic rings. The van der Waals surface area contributed by atoms with Gasteiger partial charge in [-0.15, -0.1) is 0 Å². The fourth-order valence-corrected chi connectivity index (χ4v) is 3.92. The van der Waals surface area contributed by atoms with Crippen LogP contribution in [0.5, 0.6) is 0 Å². The van der Waals surface area contributed by atoms with E-state index in [0.717, 1.165) is 5.56 Å². The van der Waals surface area contributed by atoms with Gasteiger partial charge in [0.25, 0.3) is 10.0 Å². The first-order chi connectivity index (χ1) is 14.2. The minimum absolute atomic E-state index is 0.194. The van der Waals surface area contributed by atoms with Crippen LogP contribution < -0.4 is 4.72 Å². The molecule has 0 spiro atoms. The van der Waals surface area contributed by atoms with Crippen LogP contribution in [0.25, 0.3) is 0 Å². The average Bonchev–Trinajstić information content (AvgIpc) is 3.13. The molecule has 1 atom stereocenters. The standard InChI is InChI=1S/C20H18ClN3O5S/c21-16-6-8-17(9-7-16)30(28,29)23-19(25)18(20(26)27)10-15-11-22-24(13-15)12-14-4-2-1-3-5-14/h1-9,11,13,18H,10,12H2,(H,23,25)(H,26,27). The molecule has 1 aromatic heterocycles. The van der Waals surface area contributed by atoms with Gasteiger partial charge in [-0.25, -0.2) is 13.1 Å². The van der Waals surface area contributed by atoms with Gasteiger partial charge in [0.1, 0.15) is 5.92 Å². The van der Waals surface area contributed by atoms with Gasteiger partial charge in [-0.3, -0.25) is 14.3 Å². The van der Waals surface area contributed by atoms with Crippen molar-refractivity contribution in [3.63, 3.8) is 0 Å². The number of rotatable bonds is 8. The molecule has 2 aromatic carbocycles. The summed E-state index contributed by atoms with van der Waals surface area (Å²) in [5.74, 6) is -4.16. The van der Waals surface area contributed by atoms with Crippen molar-refractivity contribution >= 4 is 33.5 Å². The van der Waals surface area contributed by atoms with E-state index in [4.69, 9.17) is 11.6 Å². The lowest BCUT2D eigenvalue weighted by atomic mass is 10.0. The van der Waals surface area contributed by atoms with E-state index in [2.05, 4.69) is 5.10 Å². The minimum atomic E-state index is -4.22. The summed E-state index contributed by atoms with van der Waals surface area (Å²) in [6.07, 6.45) is 2.88. The summed E-state index contributed by atoms with van der Waals surface area (Å²) >= 11 is 5.74. The first-order valence-corrected chi connectivity index (χ1v) is 10.7. The predicted molar refractivity (Wildman–Crippen MR) is 109 cm³/mol. The second-order valence-electron chi connectivity index (χ2n) is 6.55. The maximum absolute atomic E-state index is 12.4. The van der Waals surface area contributed by atoms with Crippen molar-refractivity contribution in [2.75, 3.05) is 0 Å². The molecule has 156 valence electrons. The van der Waals surface area contributed by atoms with Gasteiger partial charge in [0, 0.05) is 11.2 Å². The molecule has 0 bridgehead atoms. The molecule has 2 N–H and O–H groups in total. The summed E-state index contributed by atoms with van der Waals surface area (Å²) in [5, 5.41) is 14.0. The van der Waals surface area contributed by atoms with E-state index in [1.165, 1.54) is 30.5 Å². The molecule has 0 saturated heterocycles. The number of hydrogen-bond acceptors (Lipinski definition) is 5. The van der Waals surface area contributed by atoms with Gasteiger partial charge in [0.05, 0.1) is 17.6 Å². The second-order valence-corrected chi connectivity index (χ2v) is 8.67. The first kappa shape index (κ1) is 21.5. The fraction of sp³-hybridized carbons (Fsp3) is 0.150. The zero-order chi connectivity index (χ0) is 21.7. The highest BCUT2D eigenvalue weighted by Crippen LogP contribution is 2.16. The number of carboxylic acid groups (broad SMARTS) is 1. The van der Waals surface area contributed by atoms with Gasteiger partial charge in [-0.05, 0) is 41.8 Å².